The average molecular weight is 304 g/mol. The molecule has 2 aromatic rings. The molecule has 0 radical (unpaired) electrons. The standard InChI is InChI=1S/C13H16N6OS/c20-13(17-3-5-21-6-4-17)10-7-18(8-10)12-2-1-11-15-14-9-19(11)16-12/h1-2,9-10H,3-8H2. The predicted octanol–water partition coefficient (Wildman–Crippen LogP) is 0.136. The van der Waals surface area contributed by atoms with Crippen molar-refractivity contribution >= 4 is 29.1 Å². The molecule has 2 fully saturated rings. The first-order valence-electron chi connectivity index (χ1n) is 7.10. The number of aromatic nitrogens is 4. The minimum atomic E-state index is 0.117. The number of anilines is 1. The lowest BCUT2D eigenvalue weighted by atomic mass is 9.98. The highest BCUT2D eigenvalue weighted by Crippen LogP contribution is 2.25. The van der Waals surface area contributed by atoms with Gasteiger partial charge in [-0.1, -0.05) is 0 Å². The summed E-state index contributed by atoms with van der Waals surface area (Å²) in [6, 6.07) is 3.83. The minimum absolute atomic E-state index is 0.117. The first kappa shape index (κ1) is 12.9. The maximum atomic E-state index is 12.4. The monoisotopic (exact) mass is 304 g/mol. The quantitative estimate of drug-likeness (QED) is 0.786. The van der Waals surface area contributed by atoms with Crippen LogP contribution in [0.15, 0.2) is 18.5 Å². The van der Waals surface area contributed by atoms with Gasteiger partial charge in [0.05, 0.1) is 5.92 Å². The van der Waals surface area contributed by atoms with E-state index in [4.69, 9.17) is 0 Å². The number of rotatable bonds is 2. The summed E-state index contributed by atoms with van der Waals surface area (Å²) in [6.45, 7) is 3.29. The zero-order valence-corrected chi connectivity index (χ0v) is 12.4. The Bertz CT molecular complexity index is 661. The number of fused-ring (bicyclic) bond motifs is 1. The third kappa shape index (κ3) is 2.33. The molecule has 21 heavy (non-hydrogen) atoms. The Hall–Kier alpha value is -1.83. The summed E-state index contributed by atoms with van der Waals surface area (Å²) in [7, 11) is 0. The van der Waals surface area contributed by atoms with Gasteiger partial charge in [-0.05, 0) is 12.1 Å². The lowest BCUT2D eigenvalue weighted by Crippen LogP contribution is -2.56. The van der Waals surface area contributed by atoms with E-state index >= 15 is 0 Å². The van der Waals surface area contributed by atoms with Crippen molar-refractivity contribution in [1.29, 1.82) is 0 Å². The number of thioether (sulfide) groups is 1. The molecule has 0 aliphatic carbocycles. The van der Waals surface area contributed by atoms with E-state index in [9.17, 15) is 4.79 Å². The molecule has 2 aromatic heterocycles. The van der Waals surface area contributed by atoms with Gasteiger partial charge in [0.15, 0.2) is 5.65 Å². The van der Waals surface area contributed by atoms with Crippen molar-refractivity contribution in [2.24, 2.45) is 5.92 Å². The van der Waals surface area contributed by atoms with E-state index in [1.807, 2.05) is 28.8 Å². The molecule has 2 aliphatic heterocycles. The van der Waals surface area contributed by atoms with Gasteiger partial charge in [-0.15, -0.1) is 15.3 Å². The molecule has 0 saturated carbocycles. The van der Waals surface area contributed by atoms with E-state index in [0.29, 0.717) is 5.91 Å². The van der Waals surface area contributed by atoms with Crippen LogP contribution in [-0.4, -0.2) is 68.3 Å². The van der Waals surface area contributed by atoms with Gasteiger partial charge in [0, 0.05) is 37.7 Å². The number of nitrogens with zero attached hydrogens (tertiary/aromatic N) is 6. The third-order valence-electron chi connectivity index (χ3n) is 4.03. The molecule has 0 atom stereocenters. The van der Waals surface area contributed by atoms with Crippen LogP contribution < -0.4 is 4.90 Å². The molecule has 4 heterocycles. The molecule has 0 aromatic carbocycles. The molecule has 2 aliphatic rings. The van der Waals surface area contributed by atoms with Crippen LogP contribution in [0.1, 0.15) is 0 Å². The van der Waals surface area contributed by atoms with Crippen molar-refractivity contribution in [3.8, 4) is 0 Å². The van der Waals surface area contributed by atoms with Crippen LogP contribution in [0.3, 0.4) is 0 Å². The van der Waals surface area contributed by atoms with Crippen molar-refractivity contribution in [3.63, 3.8) is 0 Å². The number of hydrogen-bond donors (Lipinski definition) is 0. The van der Waals surface area contributed by atoms with E-state index in [0.717, 1.165) is 49.1 Å². The summed E-state index contributed by atoms with van der Waals surface area (Å²) in [5.74, 6) is 3.42. The SMILES string of the molecule is O=C(C1CN(c2ccc3nncn3n2)C1)N1CCSCC1. The summed E-state index contributed by atoms with van der Waals surface area (Å²) >= 11 is 1.92. The zero-order chi connectivity index (χ0) is 14.2. The van der Waals surface area contributed by atoms with Gasteiger partial charge in [-0.25, -0.2) is 0 Å². The number of carbonyl (C=O) groups is 1. The molecule has 0 bridgehead atoms. The fourth-order valence-corrected chi connectivity index (χ4v) is 3.65. The molecule has 2 saturated heterocycles. The molecule has 1 amide bonds. The highest BCUT2D eigenvalue weighted by atomic mass is 32.2. The molecule has 0 spiro atoms. The largest absolute Gasteiger partial charge is 0.353 e. The van der Waals surface area contributed by atoms with E-state index < -0.39 is 0 Å². The Kier molecular flexibility index (Phi) is 3.17. The predicted molar refractivity (Wildman–Crippen MR) is 80.4 cm³/mol. The Morgan fingerprint density at radius 3 is 2.86 bits per heavy atom. The van der Waals surface area contributed by atoms with Gasteiger partial charge < -0.3 is 9.80 Å². The summed E-state index contributed by atoms with van der Waals surface area (Å²) in [6.07, 6.45) is 1.59. The fraction of sp³-hybridized carbons (Fsp3) is 0.538. The Morgan fingerprint density at radius 1 is 1.24 bits per heavy atom. The molecular weight excluding hydrogens is 288 g/mol. The molecule has 0 N–H and O–H groups in total. The van der Waals surface area contributed by atoms with Crippen LogP contribution in [0.25, 0.3) is 5.65 Å². The van der Waals surface area contributed by atoms with Gasteiger partial charge >= 0.3 is 0 Å². The average Bonchev–Trinajstić information content (AvgIpc) is 2.94. The Balaban J connectivity index is 1.40. The van der Waals surface area contributed by atoms with E-state index in [1.165, 1.54) is 0 Å². The van der Waals surface area contributed by atoms with Crippen LogP contribution in [-0.2, 0) is 4.79 Å². The van der Waals surface area contributed by atoms with Crippen molar-refractivity contribution in [3.05, 3.63) is 18.5 Å². The summed E-state index contributed by atoms with van der Waals surface area (Å²) in [5.41, 5.74) is 0.734. The first-order valence-corrected chi connectivity index (χ1v) is 8.25. The highest BCUT2D eigenvalue weighted by Gasteiger charge is 2.36. The van der Waals surface area contributed by atoms with E-state index in [-0.39, 0.29) is 5.92 Å². The maximum Gasteiger partial charge on any atom is 0.229 e. The molecular formula is C13H16N6OS. The highest BCUT2D eigenvalue weighted by molar-refractivity contribution is 7.99. The Labute approximate surface area is 126 Å². The third-order valence-corrected chi connectivity index (χ3v) is 4.97. The normalized spacial score (nSPS) is 19.8. The van der Waals surface area contributed by atoms with Gasteiger partial charge in [0.1, 0.15) is 12.1 Å². The summed E-state index contributed by atoms with van der Waals surface area (Å²) in [4.78, 5) is 16.5. The number of carbonyl (C=O) groups excluding carboxylic acids is 1. The topological polar surface area (TPSA) is 66.6 Å². The van der Waals surface area contributed by atoms with Crippen LogP contribution >= 0.6 is 11.8 Å². The van der Waals surface area contributed by atoms with Gasteiger partial charge in [-0.2, -0.15) is 16.3 Å². The molecule has 110 valence electrons. The summed E-state index contributed by atoms with van der Waals surface area (Å²) in [5, 5.41) is 12.2. The van der Waals surface area contributed by atoms with Gasteiger partial charge in [0.2, 0.25) is 5.91 Å². The number of hydrogen-bond acceptors (Lipinski definition) is 6. The summed E-state index contributed by atoms with van der Waals surface area (Å²) < 4.78 is 1.66. The second-order valence-corrected chi connectivity index (χ2v) is 6.59. The van der Waals surface area contributed by atoms with Crippen molar-refractivity contribution in [2.75, 3.05) is 42.6 Å². The smallest absolute Gasteiger partial charge is 0.229 e. The van der Waals surface area contributed by atoms with Gasteiger partial charge in [0.25, 0.3) is 0 Å². The Morgan fingerprint density at radius 2 is 2.05 bits per heavy atom. The van der Waals surface area contributed by atoms with Crippen molar-refractivity contribution in [1.82, 2.24) is 24.7 Å². The van der Waals surface area contributed by atoms with Crippen LogP contribution in [0.4, 0.5) is 5.82 Å². The lowest BCUT2D eigenvalue weighted by molar-refractivity contribution is -0.135. The molecule has 4 rings (SSSR count). The fourth-order valence-electron chi connectivity index (χ4n) is 2.75. The van der Waals surface area contributed by atoms with Crippen LogP contribution in [0.5, 0.6) is 0 Å². The first-order chi connectivity index (χ1) is 10.3. The molecule has 7 nitrogen and oxygen atoms in total. The van der Waals surface area contributed by atoms with E-state index in [2.05, 4.69) is 20.2 Å². The maximum absolute atomic E-state index is 12.4. The van der Waals surface area contributed by atoms with Gasteiger partial charge in [-0.3, -0.25) is 4.79 Å². The van der Waals surface area contributed by atoms with Crippen molar-refractivity contribution < 1.29 is 4.79 Å². The second kappa shape index (κ2) is 5.18. The second-order valence-electron chi connectivity index (χ2n) is 5.36. The lowest BCUT2D eigenvalue weighted by Gasteiger charge is -2.41. The van der Waals surface area contributed by atoms with Crippen LogP contribution in [0, 0.1) is 5.92 Å². The molecule has 0 unspecified atom stereocenters. The minimum Gasteiger partial charge on any atom is -0.353 e. The zero-order valence-electron chi connectivity index (χ0n) is 11.6. The van der Waals surface area contributed by atoms with Crippen molar-refractivity contribution in [2.45, 2.75) is 0 Å². The molecule has 8 heteroatoms. The number of amides is 1. The van der Waals surface area contributed by atoms with E-state index in [1.54, 1.807) is 10.8 Å². The van der Waals surface area contributed by atoms with Crippen LogP contribution in [0.2, 0.25) is 0 Å².